The van der Waals surface area contributed by atoms with E-state index in [0.29, 0.717) is 36.3 Å². The van der Waals surface area contributed by atoms with Gasteiger partial charge in [-0.25, -0.2) is 4.79 Å². The van der Waals surface area contributed by atoms with Gasteiger partial charge in [0.05, 0.1) is 0 Å². The molecule has 2 aliphatic carbocycles. The van der Waals surface area contributed by atoms with E-state index in [9.17, 15) is 14.7 Å². The number of carboxylic acids is 1. The van der Waals surface area contributed by atoms with E-state index in [1.807, 2.05) is 61.5 Å². The molecule has 0 saturated heterocycles. The Morgan fingerprint density at radius 2 is 1.81 bits per heavy atom. The Hall–Kier alpha value is -2.37. The van der Waals surface area contributed by atoms with Crippen LogP contribution in [0.25, 0.3) is 5.57 Å². The zero-order chi connectivity index (χ0) is 19.6. The first-order chi connectivity index (χ1) is 12.8. The van der Waals surface area contributed by atoms with Crippen LogP contribution in [0, 0.1) is 0 Å². The third kappa shape index (κ3) is 3.84. The highest BCUT2D eigenvalue weighted by molar-refractivity contribution is 6.33. The van der Waals surface area contributed by atoms with Crippen LogP contribution in [0.3, 0.4) is 0 Å². The van der Waals surface area contributed by atoms with Gasteiger partial charge in [-0.2, -0.15) is 0 Å². The monoisotopic (exact) mass is 386 g/mol. The summed E-state index contributed by atoms with van der Waals surface area (Å²) in [6.45, 7) is 0. The van der Waals surface area contributed by atoms with E-state index in [2.05, 4.69) is 5.32 Å². The van der Waals surface area contributed by atoms with E-state index in [1.54, 1.807) is 0 Å². The van der Waals surface area contributed by atoms with Crippen molar-refractivity contribution in [1.82, 2.24) is 10.2 Å². The summed E-state index contributed by atoms with van der Waals surface area (Å²) in [5, 5.41) is 13.0. The van der Waals surface area contributed by atoms with Crippen molar-refractivity contribution in [3.63, 3.8) is 0 Å². The fraction of sp³-hybridized carbons (Fsp3) is 0.333. The Bertz CT molecular complexity index is 855. The van der Waals surface area contributed by atoms with Gasteiger partial charge in [0.1, 0.15) is 5.66 Å². The Morgan fingerprint density at radius 1 is 1.15 bits per heavy atom. The predicted molar refractivity (Wildman–Crippen MR) is 106 cm³/mol. The normalized spacial score (nSPS) is 22.5. The van der Waals surface area contributed by atoms with Gasteiger partial charge >= 0.3 is 5.97 Å². The number of amides is 1. The lowest BCUT2D eigenvalue weighted by Gasteiger charge is -2.40. The van der Waals surface area contributed by atoms with Gasteiger partial charge in [0.15, 0.2) is 0 Å². The molecule has 0 heterocycles. The summed E-state index contributed by atoms with van der Waals surface area (Å²) >= 11 is 6.61. The van der Waals surface area contributed by atoms with Gasteiger partial charge in [-0.1, -0.05) is 48.0 Å². The zero-order valence-corrected chi connectivity index (χ0v) is 16.2. The number of hydrogen-bond donors (Lipinski definition) is 2. The van der Waals surface area contributed by atoms with Crippen molar-refractivity contribution in [2.45, 2.75) is 31.3 Å². The molecule has 2 aliphatic rings. The van der Waals surface area contributed by atoms with E-state index in [1.165, 1.54) is 0 Å². The SMILES string of the molecule is CN(C)C1(NC(=O)C2=C(C(=O)O)CCC2)C=CC(c2ccccc2)=C(Cl)C1. The van der Waals surface area contributed by atoms with Crippen molar-refractivity contribution in [2.24, 2.45) is 0 Å². The second kappa shape index (κ2) is 7.71. The summed E-state index contributed by atoms with van der Waals surface area (Å²) in [6.07, 6.45) is 5.86. The molecule has 0 aromatic heterocycles. The van der Waals surface area contributed by atoms with Crippen molar-refractivity contribution < 1.29 is 14.7 Å². The maximum Gasteiger partial charge on any atom is 0.332 e. The highest BCUT2D eigenvalue weighted by Crippen LogP contribution is 2.36. The van der Waals surface area contributed by atoms with E-state index in [4.69, 9.17) is 11.6 Å². The molecule has 0 saturated carbocycles. The number of aliphatic carboxylic acids is 1. The molecule has 3 rings (SSSR count). The molecule has 1 unspecified atom stereocenters. The van der Waals surface area contributed by atoms with Gasteiger partial charge in [-0.05, 0) is 50.6 Å². The van der Waals surface area contributed by atoms with Crippen LogP contribution in [0.2, 0.25) is 0 Å². The van der Waals surface area contributed by atoms with Gasteiger partial charge in [0, 0.05) is 22.6 Å². The fourth-order valence-electron chi connectivity index (χ4n) is 3.58. The van der Waals surface area contributed by atoms with E-state index in [0.717, 1.165) is 11.1 Å². The average Bonchev–Trinajstić information content (AvgIpc) is 3.12. The maximum absolute atomic E-state index is 12.8. The molecule has 0 bridgehead atoms. The number of hydrogen-bond acceptors (Lipinski definition) is 3. The van der Waals surface area contributed by atoms with Gasteiger partial charge < -0.3 is 10.4 Å². The number of nitrogens with one attached hydrogen (secondary N) is 1. The van der Waals surface area contributed by atoms with Crippen LogP contribution in [-0.2, 0) is 9.59 Å². The molecule has 0 spiro atoms. The molecule has 0 fully saturated rings. The third-order valence-corrected chi connectivity index (χ3v) is 5.54. The van der Waals surface area contributed by atoms with E-state index < -0.39 is 11.6 Å². The average molecular weight is 387 g/mol. The van der Waals surface area contributed by atoms with E-state index in [-0.39, 0.29) is 11.5 Å². The summed E-state index contributed by atoms with van der Waals surface area (Å²) in [6, 6.07) is 9.84. The summed E-state index contributed by atoms with van der Waals surface area (Å²) in [5.74, 6) is -1.35. The van der Waals surface area contributed by atoms with Crippen molar-refractivity contribution in [1.29, 1.82) is 0 Å². The second-order valence-corrected chi connectivity index (χ2v) is 7.54. The molecule has 1 amide bonds. The molecular weight excluding hydrogens is 364 g/mol. The number of allylic oxidation sites excluding steroid dienone is 2. The lowest BCUT2D eigenvalue weighted by Crippen LogP contribution is -2.57. The molecule has 1 aromatic carbocycles. The van der Waals surface area contributed by atoms with Crippen LogP contribution < -0.4 is 5.32 Å². The molecule has 0 radical (unpaired) electrons. The number of carbonyl (C=O) groups excluding carboxylic acids is 1. The summed E-state index contributed by atoms with van der Waals surface area (Å²) in [7, 11) is 3.73. The number of benzene rings is 1. The number of nitrogens with zero attached hydrogens (tertiary/aromatic N) is 1. The molecule has 5 nitrogen and oxygen atoms in total. The van der Waals surface area contributed by atoms with Crippen LogP contribution in [-0.4, -0.2) is 41.6 Å². The van der Waals surface area contributed by atoms with Crippen LogP contribution in [0.5, 0.6) is 0 Å². The largest absolute Gasteiger partial charge is 0.478 e. The Labute approximate surface area is 164 Å². The molecule has 1 aromatic rings. The summed E-state index contributed by atoms with van der Waals surface area (Å²) in [4.78, 5) is 26.1. The number of likely N-dealkylation sites (N-methyl/N-ethyl adjacent to an activating group) is 1. The van der Waals surface area contributed by atoms with Gasteiger partial charge in [-0.3, -0.25) is 9.69 Å². The van der Waals surface area contributed by atoms with Crippen molar-refractivity contribution in [3.05, 3.63) is 64.2 Å². The Kier molecular flexibility index (Phi) is 5.53. The molecule has 2 N–H and O–H groups in total. The fourth-order valence-corrected chi connectivity index (χ4v) is 3.96. The van der Waals surface area contributed by atoms with Gasteiger partial charge in [-0.15, -0.1) is 0 Å². The molecule has 27 heavy (non-hydrogen) atoms. The predicted octanol–water partition coefficient (Wildman–Crippen LogP) is 3.54. The lowest BCUT2D eigenvalue weighted by atomic mass is 9.91. The van der Waals surface area contributed by atoms with Gasteiger partial charge in [0.25, 0.3) is 0 Å². The zero-order valence-electron chi connectivity index (χ0n) is 15.5. The highest BCUT2D eigenvalue weighted by Gasteiger charge is 2.37. The minimum absolute atomic E-state index is 0.216. The Morgan fingerprint density at radius 3 is 2.41 bits per heavy atom. The van der Waals surface area contributed by atoms with Crippen LogP contribution in [0.4, 0.5) is 0 Å². The standard InChI is InChI=1S/C21H23ClN2O3/c1-24(2)21(23-19(25)16-9-6-10-17(16)20(26)27)12-11-15(18(22)13-21)14-7-4-3-5-8-14/h3-5,7-8,11-12H,6,9-10,13H2,1-2H3,(H,23,25)(H,26,27). The number of carbonyl (C=O) groups is 2. The number of halogens is 1. The first-order valence-corrected chi connectivity index (χ1v) is 9.30. The van der Waals surface area contributed by atoms with Crippen molar-refractivity contribution in [3.8, 4) is 0 Å². The molecule has 0 aliphatic heterocycles. The van der Waals surface area contributed by atoms with Crippen LogP contribution in [0.1, 0.15) is 31.2 Å². The third-order valence-electron chi connectivity index (χ3n) is 5.21. The van der Waals surface area contributed by atoms with Crippen molar-refractivity contribution in [2.75, 3.05) is 14.1 Å². The van der Waals surface area contributed by atoms with Crippen LogP contribution >= 0.6 is 11.6 Å². The topological polar surface area (TPSA) is 69.6 Å². The minimum atomic E-state index is -1.01. The summed E-state index contributed by atoms with van der Waals surface area (Å²) < 4.78 is 0. The first kappa shape index (κ1) is 19.4. The number of rotatable bonds is 5. The van der Waals surface area contributed by atoms with E-state index >= 15 is 0 Å². The number of carboxylic acid groups (broad SMARTS) is 1. The molecule has 6 heteroatoms. The molecule has 1 atom stereocenters. The molecular formula is C21H23ClN2O3. The molecule has 142 valence electrons. The highest BCUT2D eigenvalue weighted by atomic mass is 35.5. The smallest absolute Gasteiger partial charge is 0.332 e. The Balaban J connectivity index is 1.88. The second-order valence-electron chi connectivity index (χ2n) is 7.08. The quantitative estimate of drug-likeness (QED) is 0.759. The first-order valence-electron chi connectivity index (χ1n) is 8.92. The van der Waals surface area contributed by atoms with Crippen molar-refractivity contribution >= 4 is 29.1 Å². The van der Waals surface area contributed by atoms with Crippen LogP contribution in [0.15, 0.2) is 58.7 Å². The van der Waals surface area contributed by atoms with Gasteiger partial charge in [0.2, 0.25) is 5.91 Å². The maximum atomic E-state index is 12.8. The lowest BCUT2D eigenvalue weighted by molar-refractivity contribution is -0.133. The minimum Gasteiger partial charge on any atom is -0.478 e. The summed E-state index contributed by atoms with van der Waals surface area (Å²) in [5.41, 5.74) is 1.73.